The topological polar surface area (TPSA) is 45.2 Å². The van der Waals surface area contributed by atoms with Gasteiger partial charge in [-0.05, 0) is 32.4 Å². The zero-order valence-electron chi connectivity index (χ0n) is 12.7. The Morgan fingerprint density at radius 2 is 1.89 bits per heavy atom. The van der Waals surface area contributed by atoms with Crippen LogP contribution in [-0.4, -0.2) is 24.0 Å². The van der Waals surface area contributed by atoms with E-state index in [0.717, 1.165) is 31.0 Å². The molecule has 1 N–H and O–H groups in total. The molecule has 4 nitrogen and oxygen atoms in total. The first-order chi connectivity index (χ1) is 8.94. The van der Waals surface area contributed by atoms with Gasteiger partial charge in [0.15, 0.2) is 0 Å². The van der Waals surface area contributed by atoms with Crippen molar-refractivity contribution in [1.29, 1.82) is 0 Å². The molecular formula is C15H25N3O. The largest absolute Gasteiger partial charge is 0.357 e. The molecule has 0 bridgehead atoms. The molecular weight excluding hydrogens is 238 g/mol. The van der Waals surface area contributed by atoms with Gasteiger partial charge in [-0.25, -0.2) is 4.98 Å². The highest BCUT2D eigenvalue weighted by Gasteiger charge is 2.25. The van der Waals surface area contributed by atoms with Gasteiger partial charge in [0.05, 0.1) is 11.9 Å². The molecule has 0 aromatic carbocycles. The van der Waals surface area contributed by atoms with Gasteiger partial charge >= 0.3 is 0 Å². The van der Waals surface area contributed by atoms with E-state index in [1.807, 2.05) is 32.9 Å². The summed E-state index contributed by atoms with van der Waals surface area (Å²) >= 11 is 0. The number of hydrogen-bond acceptors (Lipinski definition) is 3. The van der Waals surface area contributed by atoms with Crippen molar-refractivity contribution in [3.8, 4) is 0 Å². The molecule has 0 fully saturated rings. The van der Waals surface area contributed by atoms with Crippen LogP contribution >= 0.6 is 0 Å². The second-order valence-corrected chi connectivity index (χ2v) is 5.27. The summed E-state index contributed by atoms with van der Waals surface area (Å²) in [6, 6.07) is 3.85. The summed E-state index contributed by atoms with van der Waals surface area (Å²) in [7, 11) is 0. The molecule has 0 unspecified atom stereocenters. The number of nitrogens with one attached hydrogen (secondary N) is 1. The summed E-state index contributed by atoms with van der Waals surface area (Å²) in [5.41, 5.74) is 0.403. The SMILES string of the molecule is CCN(CC)c1ccc(NC(=O)C(C)(C)CC)cn1. The van der Waals surface area contributed by atoms with Gasteiger partial charge < -0.3 is 10.2 Å². The zero-order chi connectivity index (χ0) is 14.5. The van der Waals surface area contributed by atoms with Gasteiger partial charge in [-0.1, -0.05) is 20.8 Å². The molecule has 0 aliphatic carbocycles. The van der Waals surface area contributed by atoms with Crippen LogP contribution in [0, 0.1) is 5.41 Å². The fourth-order valence-corrected chi connectivity index (χ4v) is 1.66. The van der Waals surface area contributed by atoms with Crippen molar-refractivity contribution in [1.82, 2.24) is 4.98 Å². The lowest BCUT2D eigenvalue weighted by Crippen LogP contribution is -2.30. The normalized spacial score (nSPS) is 11.2. The summed E-state index contributed by atoms with van der Waals surface area (Å²) in [4.78, 5) is 18.6. The lowest BCUT2D eigenvalue weighted by atomic mass is 9.89. The third-order valence-electron chi connectivity index (χ3n) is 3.59. The Balaban J connectivity index is 2.75. The quantitative estimate of drug-likeness (QED) is 0.856. The molecule has 0 aliphatic rings. The number of aromatic nitrogens is 1. The standard InChI is InChI=1S/C15H25N3O/c1-6-15(4,5)14(19)17-12-9-10-13(16-11-12)18(7-2)8-3/h9-11H,6-8H2,1-5H3,(H,17,19). The minimum atomic E-state index is -0.350. The molecule has 0 aliphatic heterocycles. The van der Waals surface area contributed by atoms with Crippen LogP contribution in [0.2, 0.25) is 0 Å². The maximum Gasteiger partial charge on any atom is 0.230 e. The average Bonchev–Trinajstić information content (AvgIpc) is 2.42. The molecule has 4 heteroatoms. The van der Waals surface area contributed by atoms with E-state index < -0.39 is 0 Å². The third-order valence-corrected chi connectivity index (χ3v) is 3.59. The van der Waals surface area contributed by atoms with Gasteiger partial charge in [0.2, 0.25) is 5.91 Å². The predicted molar refractivity (Wildman–Crippen MR) is 80.5 cm³/mol. The van der Waals surface area contributed by atoms with E-state index in [9.17, 15) is 4.79 Å². The number of amides is 1. The average molecular weight is 263 g/mol. The lowest BCUT2D eigenvalue weighted by molar-refractivity contribution is -0.124. The Labute approximate surface area is 116 Å². The maximum absolute atomic E-state index is 12.0. The summed E-state index contributed by atoms with van der Waals surface area (Å²) in [6.45, 7) is 12.0. The van der Waals surface area contributed by atoms with Gasteiger partial charge in [-0.2, -0.15) is 0 Å². The summed E-state index contributed by atoms with van der Waals surface area (Å²) < 4.78 is 0. The van der Waals surface area contributed by atoms with E-state index in [-0.39, 0.29) is 11.3 Å². The molecule has 0 radical (unpaired) electrons. The molecule has 0 atom stereocenters. The molecule has 0 saturated carbocycles. The van der Waals surface area contributed by atoms with Gasteiger partial charge in [0.1, 0.15) is 5.82 Å². The first kappa shape index (κ1) is 15.5. The Bertz CT molecular complexity index is 408. The highest BCUT2D eigenvalue weighted by atomic mass is 16.2. The van der Waals surface area contributed by atoms with E-state index in [2.05, 4.69) is 29.0 Å². The van der Waals surface area contributed by atoms with Crippen LogP contribution in [0.5, 0.6) is 0 Å². The van der Waals surface area contributed by atoms with Crippen molar-refractivity contribution in [2.75, 3.05) is 23.3 Å². The molecule has 106 valence electrons. The molecule has 19 heavy (non-hydrogen) atoms. The Kier molecular flexibility index (Phi) is 5.33. The zero-order valence-corrected chi connectivity index (χ0v) is 12.7. The number of anilines is 2. The maximum atomic E-state index is 12.0. The van der Waals surface area contributed by atoms with Crippen molar-refractivity contribution in [2.45, 2.75) is 41.0 Å². The van der Waals surface area contributed by atoms with Crippen molar-refractivity contribution in [3.63, 3.8) is 0 Å². The molecule has 1 heterocycles. The third kappa shape index (κ3) is 3.94. The van der Waals surface area contributed by atoms with Gasteiger partial charge in [0.25, 0.3) is 0 Å². The highest BCUT2D eigenvalue weighted by Crippen LogP contribution is 2.22. The predicted octanol–water partition coefficient (Wildman–Crippen LogP) is 3.30. The fraction of sp³-hybridized carbons (Fsp3) is 0.600. The van der Waals surface area contributed by atoms with E-state index in [1.165, 1.54) is 0 Å². The molecule has 0 spiro atoms. The van der Waals surface area contributed by atoms with E-state index >= 15 is 0 Å². The first-order valence-corrected chi connectivity index (χ1v) is 6.97. The molecule has 1 aromatic heterocycles. The van der Waals surface area contributed by atoms with Gasteiger partial charge in [-0.15, -0.1) is 0 Å². The van der Waals surface area contributed by atoms with Crippen LogP contribution < -0.4 is 10.2 Å². The minimum absolute atomic E-state index is 0.0346. The summed E-state index contributed by atoms with van der Waals surface area (Å²) in [6.07, 6.45) is 2.53. The van der Waals surface area contributed by atoms with Crippen LogP contribution in [0.25, 0.3) is 0 Å². The summed E-state index contributed by atoms with van der Waals surface area (Å²) in [5, 5.41) is 2.92. The Hall–Kier alpha value is -1.58. The van der Waals surface area contributed by atoms with Crippen LogP contribution in [0.3, 0.4) is 0 Å². The second-order valence-electron chi connectivity index (χ2n) is 5.27. The molecule has 0 saturated heterocycles. The number of rotatable bonds is 6. The molecule has 1 rings (SSSR count). The van der Waals surface area contributed by atoms with E-state index in [0.29, 0.717) is 0 Å². The van der Waals surface area contributed by atoms with Crippen molar-refractivity contribution in [2.24, 2.45) is 5.41 Å². The van der Waals surface area contributed by atoms with E-state index in [1.54, 1.807) is 6.20 Å². The fourth-order valence-electron chi connectivity index (χ4n) is 1.66. The van der Waals surface area contributed by atoms with E-state index in [4.69, 9.17) is 0 Å². The van der Waals surface area contributed by atoms with Crippen LogP contribution in [0.4, 0.5) is 11.5 Å². The van der Waals surface area contributed by atoms with Gasteiger partial charge in [0, 0.05) is 18.5 Å². The monoisotopic (exact) mass is 263 g/mol. The van der Waals surface area contributed by atoms with Crippen molar-refractivity contribution in [3.05, 3.63) is 18.3 Å². The number of carbonyl (C=O) groups excluding carboxylic acids is 1. The first-order valence-electron chi connectivity index (χ1n) is 6.97. The van der Waals surface area contributed by atoms with Crippen molar-refractivity contribution < 1.29 is 4.79 Å². The summed E-state index contributed by atoms with van der Waals surface area (Å²) in [5.74, 6) is 0.977. The minimum Gasteiger partial charge on any atom is -0.357 e. The molecule has 1 aromatic rings. The van der Waals surface area contributed by atoms with Gasteiger partial charge in [-0.3, -0.25) is 4.79 Å². The number of nitrogens with zero attached hydrogens (tertiary/aromatic N) is 2. The van der Waals surface area contributed by atoms with Crippen molar-refractivity contribution >= 4 is 17.4 Å². The number of carbonyl (C=O) groups is 1. The Morgan fingerprint density at radius 3 is 2.32 bits per heavy atom. The smallest absolute Gasteiger partial charge is 0.230 e. The van der Waals surface area contributed by atoms with Crippen LogP contribution in [0.1, 0.15) is 41.0 Å². The molecule has 1 amide bonds. The number of hydrogen-bond donors (Lipinski definition) is 1. The van der Waals surface area contributed by atoms with Crippen LogP contribution in [0.15, 0.2) is 18.3 Å². The number of pyridine rings is 1. The highest BCUT2D eigenvalue weighted by molar-refractivity contribution is 5.94. The lowest BCUT2D eigenvalue weighted by Gasteiger charge is -2.22. The van der Waals surface area contributed by atoms with Crippen LogP contribution in [-0.2, 0) is 4.79 Å². The second kappa shape index (κ2) is 6.55. The Morgan fingerprint density at radius 1 is 1.26 bits per heavy atom.